The number of amides is 2. The molecule has 27 heavy (non-hydrogen) atoms. The number of carbonyl (C=O) groups is 2. The first-order valence-corrected chi connectivity index (χ1v) is 8.98. The smallest absolute Gasteiger partial charge is 0.229 e. The lowest BCUT2D eigenvalue weighted by Gasteiger charge is -2.20. The summed E-state index contributed by atoms with van der Waals surface area (Å²) in [5.74, 6) is 0.527. The molecule has 1 saturated heterocycles. The Morgan fingerprint density at radius 1 is 1.19 bits per heavy atom. The lowest BCUT2D eigenvalue weighted by Crippen LogP contribution is -2.28. The molecule has 0 saturated carbocycles. The monoisotopic (exact) mass is 368 g/mol. The van der Waals surface area contributed by atoms with Gasteiger partial charge in [-0.3, -0.25) is 9.59 Å². The average Bonchev–Trinajstić information content (AvgIpc) is 3.09. The van der Waals surface area contributed by atoms with Gasteiger partial charge in [0.05, 0.1) is 25.8 Å². The number of benzene rings is 2. The van der Waals surface area contributed by atoms with Gasteiger partial charge in [0.15, 0.2) is 0 Å². The number of anilines is 2. The summed E-state index contributed by atoms with van der Waals surface area (Å²) in [6.45, 7) is 2.43. The number of hydrogen-bond acceptors (Lipinski definition) is 4. The number of rotatable bonds is 6. The van der Waals surface area contributed by atoms with Crippen molar-refractivity contribution in [3.8, 4) is 11.5 Å². The first-order valence-electron chi connectivity index (χ1n) is 8.98. The summed E-state index contributed by atoms with van der Waals surface area (Å²) in [4.78, 5) is 27.0. The van der Waals surface area contributed by atoms with E-state index in [-0.39, 0.29) is 18.2 Å². The zero-order chi connectivity index (χ0) is 19.4. The molecule has 1 N–H and O–H groups in total. The van der Waals surface area contributed by atoms with Crippen molar-refractivity contribution in [3.63, 3.8) is 0 Å². The minimum Gasteiger partial charge on any atom is -0.497 e. The number of methoxy groups -OCH3 is 2. The van der Waals surface area contributed by atoms with Crippen LogP contribution in [-0.2, 0) is 16.0 Å². The molecule has 0 bridgehead atoms. The molecule has 3 rings (SSSR count). The second kappa shape index (κ2) is 8.12. The van der Waals surface area contributed by atoms with E-state index in [1.54, 1.807) is 30.2 Å². The molecule has 0 radical (unpaired) electrons. The minimum absolute atomic E-state index is 0.0299. The van der Waals surface area contributed by atoms with Crippen molar-refractivity contribution in [3.05, 3.63) is 48.0 Å². The van der Waals surface area contributed by atoms with E-state index in [1.165, 1.54) is 7.11 Å². The van der Waals surface area contributed by atoms with Crippen LogP contribution in [0.15, 0.2) is 42.5 Å². The van der Waals surface area contributed by atoms with E-state index in [9.17, 15) is 9.59 Å². The maximum atomic E-state index is 12.7. The van der Waals surface area contributed by atoms with E-state index in [4.69, 9.17) is 9.47 Å². The van der Waals surface area contributed by atoms with Crippen LogP contribution in [0, 0.1) is 5.92 Å². The summed E-state index contributed by atoms with van der Waals surface area (Å²) >= 11 is 0. The van der Waals surface area contributed by atoms with Crippen molar-refractivity contribution >= 4 is 23.2 Å². The Bertz CT molecular complexity index is 850. The van der Waals surface area contributed by atoms with Gasteiger partial charge in [-0.2, -0.15) is 0 Å². The first kappa shape index (κ1) is 18.8. The average molecular weight is 368 g/mol. The van der Waals surface area contributed by atoms with Crippen LogP contribution in [-0.4, -0.2) is 32.6 Å². The molecule has 2 amide bonds. The molecular weight excluding hydrogens is 344 g/mol. The number of nitrogens with zero attached hydrogens (tertiary/aromatic N) is 1. The summed E-state index contributed by atoms with van der Waals surface area (Å²) in [6.07, 6.45) is 1.03. The molecule has 6 heteroatoms. The van der Waals surface area contributed by atoms with Crippen molar-refractivity contribution in [1.82, 2.24) is 0 Å². The molecule has 0 spiro atoms. The molecule has 2 aromatic carbocycles. The molecule has 0 aliphatic carbocycles. The number of hydrogen-bond donors (Lipinski definition) is 1. The standard InChI is InChI=1S/C21H24N2O4/c1-4-14-7-5-6-8-18(14)23-13-15(11-20(23)24)21(25)22-17-10-9-16(26-2)12-19(17)27-3/h5-10,12,15H,4,11,13H2,1-3H3,(H,22,25)/t15-/m1/s1. The molecular formula is C21H24N2O4. The van der Waals surface area contributed by atoms with Crippen molar-refractivity contribution in [1.29, 1.82) is 0 Å². The lowest BCUT2D eigenvalue weighted by atomic mass is 10.1. The van der Waals surface area contributed by atoms with Gasteiger partial charge < -0.3 is 19.7 Å². The molecule has 1 aliphatic heterocycles. The van der Waals surface area contributed by atoms with E-state index in [1.807, 2.05) is 24.3 Å². The predicted octanol–water partition coefficient (Wildman–Crippen LogP) is 3.26. The van der Waals surface area contributed by atoms with Gasteiger partial charge in [-0.05, 0) is 30.2 Å². The number of para-hydroxylation sites is 1. The number of nitrogens with one attached hydrogen (secondary N) is 1. The van der Waals surface area contributed by atoms with Crippen LogP contribution in [0.4, 0.5) is 11.4 Å². The largest absolute Gasteiger partial charge is 0.497 e. The van der Waals surface area contributed by atoms with Crippen molar-refractivity contribution in [2.45, 2.75) is 19.8 Å². The Labute approximate surface area is 159 Å². The molecule has 6 nitrogen and oxygen atoms in total. The fraction of sp³-hybridized carbons (Fsp3) is 0.333. The molecule has 1 heterocycles. The zero-order valence-electron chi connectivity index (χ0n) is 15.8. The quantitative estimate of drug-likeness (QED) is 0.850. The van der Waals surface area contributed by atoms with Crippen LogP contribution in [0.5, 0.6) is 11.5 Å². The van der Waals surface area contributed by atoms with E-state index < -0.39 is 5.92 Å². The summed E-state index contributed by atoms with van der Waals surface area (Å²) in [5.41, 5.74) is 2.55. The molecule has 0 aromatic heterocycles. The predicted molar refractivity (Wildman–Crippen MR) is 104 cm³/mol. The highest BCUT2D eigenvalue weighted by Gasteiger charge is 2.36. The maximum absolute atomic E-state index is 12.7. The van der Waals surface area contributed by atoms with Gasteiger partial charge in [0.2, 0.25) is 11.8 Å². The Morgan fingerprint density at radius 3 is 2.67 bits per heavy atom. The third kappa shape index (κ3) is 3.89. The number of carbonyl (C=O) groups excluding carboxylic acids is 2. The fourth-order valence-corrected chi connectivity index (χ4v) is 3.33. The van der Waals surface area contributed by atoms with Crippen LogP contribution in [0.1, 0.15) is 18.9 Å². The van der Waals surface area contributed by atoms with Crippen LogP contribution in [0.2, 0.25) is 0 Å². The Hall–Kier alpha value is -3.02. The van der Waals surface area contributed by atoms with Crippen LogP contribution >= 0.6 is 0 Å². The Balaban J connectivity index is 1.75. The molecule has 1 atom stereocenters. The number of aryl methyl sites for hydroxylation is 1. The summed E-state index contributed by atoms with van der Waals surface area (Å²) in [6, 6.07) is 13.0. The fourth-order valence-electron chi connectivity index (χ4n) is 3.33. The van der Waals surface area contributed by atoms with Gasteiger partial charge in [-0.25, -0.2) is 0 Å². The molecule has 142 valence electrons. The third-order valence-electron chi connectivity index (χ3n) is 4.83. The summed E-state index contributed by atoms with van der Waals surface area (Å²) in [7, 11) is 3.10. The maximum Gasteiger partial charge on any atom is 0.229 e. The lowest BCUT2D eigenvalue weighted by molar-refractivity contribution is -0.122. The van der Waals surface area contributed by atoms with Crippen molar-refractivity contribution < 1.29 is 19.1 Å². The zero-order valence-corrected chi connectivity index (χ0v) is 15.8. The van der Waals surface area contributed by atoms with Crippen LogP contribution < -0.4 is 19.7 Å². The van der Waals surface area contributed by atoms with Gasteiger partial charge in [0.1, 0.15) is 11.5 Å². The Kier molecular flexibility index (Phi) is 5.64. The second-order valence-corrected chi connectivity index (χ2v) is 6.44. The normalized spacial score (nSPS) is 16.3. The van der Waals surface area contributed by atoms with Crippen molar-refractivity contribution in [2.24, 2.45) is 5.92 Å². The minimum atomic E-state index is -0.408. The highest BCUT2D eigenvalue weighted by molar-refractivity contribution is 6.04. The second-order valence-electron chi connectivity index (χ2n) is 6.44. The van der Waals surface area contributed by atoms with Gasteiger partial charge in [0, 0.05) is 24.7 Å². The summed E-state index contributed by atoms with van der Waals surface area (Å²) < 4.78 is 10.5. The summed E-state index contributed by atoms with van der Waals surface area (Å²) in [5, 5.41) is 2.88. The third-order valence-corrected chi connectivity index (χ3v) is 4.83. The van der Waals surface area contributed by atoms with E-state index in [0.29, 0.717) is 23.7 Å². The topological polar surface area (TPSA) is 67.9 Å². The number of ether oxygens (including phenoxy) is 2. The van der Waals surface area contributed by atoms with Gasteiger partial charge in [-0.1, -0.05) is 25.1 Å². The Morgan fingerprint density at radius 2 is 1.96 bits per heavy atom. The molecule has 2 aromatic rings. The molecule has 1 aliphatic rings. The van der Waals surface area contributed by atoms with Gasteiger partial charge in [0.25, 0.3) is 0 Å². The van der Waals surface area contributed by atoms with Gasteiger partial charge >= 0.3 is 0 Å². The highest BCUT2D eigenvalue weighted by Crippen LogP contribution is 2.32. The SMILES string of the molecule is CCc1ccccc1N1C[C@H](C(=O)Nc2ccc(OC)cc2OC)CC1=O. The van der Waals surface area contributed by atoms with E-state index >= 15 is 0 Å². The molecule has 1 fully saturated rings. The van der Waals surface area contributed by atoms with E-state index in [0.717, 1.165) is 17.7 Å². The van der Waals surface area contributed by atoms with Crippen LogP contribution in [0.25, 0.3) is 0 Å². The molecule has 0 unspecified atom stereocenters. The van der Waals surface area contributed by atoms with Crippen molar-refractivity contribution in [2.75, 3.05) is 31.0 Å². The first-order chi connectivity index (χ1) is 13.1. The van der Waals surface area contributed by atoms with E-state index in [2.05, 4.69) is 12.2 Å². The highest BCUT2D eigenvalue weighted by atomic mass is 16.5. The van der Waals surface area contributed by atoms with Gasteiger partial charge in [-0.15, -0.1) is 0 Å². The van der Waals surface area contributed by atoms with Crippen LogP contribution in [0.3, 0.4) is 0 Å².